The molecule has 1 fully saturated rings. The van der Waals surface area contributed by atoms with Gasteiger partial charge in [-0.3, -0.25) is 14.5 Å². The van der Waals surface area contributed by atoms with Crippen molar-refractivity contribution in [2.45, 2.75) is 13.5 Å². The first-order valence-corrected chi connectivity index (χ1v) is 11.6. The lowest BCUT2D eigenvalue weighted by atomic mass is 10.1. The number of hydrogen-bond donors (Lipinski definition) is 0. The molecule has 1 saturated heterocycles. The van der Waals surface area contributed by atoms with E-state index in [2.05, 4.69) is 38.5 Å². The van der Waals surface area contributed by atoms with E-state index in [-0.39, 0.29) is 30.9 Å². The van der Waals surface area contributed by atoms with Gasteiger partial charge < -0.3 is 9.47 Å². The largest absolute Gasteiger partial charge is 0.481 e. The van der Waals surface area contributed by atoms with E-state index in [9.17, 15) is 14.4 Å². The van der Waals surface area contributed by atoms with Crippen molar-refractivity contribution in [2.24, 2.45) is 0 Å². The normalized spacial score (nSPS) is 15.0. The zero-order valence-corrected chi connectivity index (χ0v) is 20.5. The lowest BCUT2D eigenvalue weighted by Crippen LogP contribution is -2.27. The van der Waals surface area contributed by atoms with Gasteiger partial charge in [0, 0.05) is 13.6 Å². The number of thioether (sulfide) groups is 1. The molecule has 0 aliphatic carbocycles. The van der Waals surface area contributed by atoms with Crippen LogP contribution >= 0.6 is 50.3 Å². The average molecular weight is 602 g/mol. The Balaban J connectivity index is 1.80. The van der Waals surface area contributed by atoms with Gasteiger partial charge in [0.25, 0.3) is 11.1 Å². The Kier molecular flexibility index (Phi) is 7.95. The highest BCUT2D eigenvalue weighted by Crippen LogP contribution is 2.35. The number of esters is 1. The molecule has 2 aromatic carbocycles. The fourth-order valence-electron chi connectivity index (χ4n) is 2.65. The third-order valence-electron chi connectivity index (χ3n) is 4.04. The van der Waals surface area contributed by atoms with Crippen LogP contribution < -0.4 is 4.74 Å². The summed E-state index contributed by atoms with van der Waals surface area (Å²) < 4.78 is 12.3. The fraction of sp³-hybridized carbons (Fsp3) is 0.190. The Morgan fingerprint density at radius 3 is 2.63 bits per heavy atom. The van der Waals surface area contributed by atoms with E-state index in [4.69, 9.17) is 9.47 Å². The second-order valence-corrected chi connectivity index (χ2v) is 9.32. The quantitative estimate of drug-likeness (QED) is 0.246. The van der Waals surface area contributed by atoms with Crippen LogP contribution in [0.3, 0.4) is 0 Å². The van der Waals surface area contributed by atoms with Gasteiger partial charge in [0.1, 0.15) is 5.75 Å². The van der Waals surface area contributed by atoms with Crippen LogP contribution in [0.15, 0.2) is 51.8 Å². The van der Waals surface area contributed by atoms with Crippen LogP contribution in [0, 0.1) is 3.57 Å². The molecule has 0 N–H and O–H groups in total. The zero-order chi connectivity index (χ0) is 21.7. The first-order valence-electron chi connectivity index (χ1n) is 8.95. The highest BCUT2D eigenvalue weighted by molar-refractivity contribution is 14.1. The minimum absolute atomic E-state index is 0.212. The monoisotopic (exact) mass is 601 g/mol. The van der Waals surface area contributed by atoms with Gasteiger partial charge in [0.2, 0.25) is 0 Å². The Morgan fingerprint density at radius 1 is 1.20 bits per heavy atom. The molecule has 1 aliphatic rings. The second-order valence-electron chi connectivity index (χ2n) is 6.17. The molecule has 9 heteroatoms. The molecule has 1 aliphatic heterocycles. The van der Waals surface area contributed by atoms with Crippen molar-refractivity contribution in [1.82, 2.24) is 4.90 Å². The summed E-state index contributed by atoms with van der Waals surface area (Å²) in [6, 6.07) is 12.9. The Morgan fingerprint density at radius 2 is 1.93 bits per heavy atom. The average Bonchev–Trinajstić information content (AvgIpc) is 2.96. The van der Waals surface area contributed by atoms with Gasteiger partial charge in [-0.05, 0) is 83.2 Å². The molecule has 0 unspecified atom stereocenters. The predicted octanol–water partition coefficient (Wildman–Crippen LogP) is 5.23. The molecule has 0 saturated carbocycles. The topological polar surface area (TPSA) is 72.9 Å². The molecule has 0 radical (unpaired) electrons. The van der Waals surface area contributed by atoms with E-state index in [0.29, 0.717) is 16.2 Å². The molecule has 2 amide bonds. The van der Waals surface area contributed by atoms with Crippen molar-refractivity contribution < 1.29 is 23.9 Å². The first-order chi connectivity index (χ1) is 14.4. The first kappa shape index (κ1) is 22.8. The lowest BCUT2D eigenvalue weighted by Gasteiger charge is -2.12. The molecule has 2 aromatic rings. The minimum atomic E-state index is -0.482. The molecule has 1 heterocycles. The van der Waals surface area contributed by atoms with E-state index in [1.54, 1.807) is 31.2 Å². The van der Waals surface area contributed by atoms with Crippen molar-refractivity contribution in [2.75, 3.05) is 13.2 Å². The zero-order valence-electron chi connectivity index (χ0n) is 15.9. The van der Waals surface area contributed by atoms with Crippen molar-refractivity contribution in [3.63, 3.8) is 0 Å². The summed E-state index contributed by atoms with van der Waals surface area (Å²) in [5.41, 5.74) is 1.45. The molecule has 0 atom stereocenters. The van der Waals surface area contributed by atoms with Crippen LogP contribution in [-0.2, 0) is 20.9 Å². The highest BCUT2D eigenvalue weighted by Gasteiger charge is 2.35. The molecule has 156 valence electrons. The number of ether oxygens (including phenoxy) is 2. The van der Waals surface area contributed by atoms with E-state index in [1.807, 2.05) is 24.3 Å². The summed E-state index contributed by atoms with van der Waals surface area (Å²) in [5.74, 6) is -0.431. The Labute approximate surface area is 200 Å². The maximum atomic E-state index is 12.8. The number of halogens is 2. The molecular weight excluding hydrogens is 585 g/mol. The minimum Gasteiger partial charge on any atom is -0.481 e. The Hall–Kier alpha value is -1.85. The lowest BCUT2D eigenvalue weighted by molar-refractivity contribution is -0.145. The summed E-state index contributed by atoms with van der Waals surface area (Å²) in [6.45, 7) is 1.95. The summed E-state index contributed by atoms with van der Waals surface area (Å²) in [5, 5.41) is -0.325. The number of nitrogens with zero attached hydrogens (tertiary/aromatic N) is 1. The van der Waals surface area contributed by atoms with Gasteiger partial charge in [0.05, 0.1) is 18.1 Å². The predicted molar refractivity (Wildman–Crippen MR) is 127 cm³/mol. The smallest absolute Gasteiger partial charge is 0.344 e. The van der Waals surface area contributed by atoms with Crippen LogP contribution in [0.1, 0.15) is 18.1 Å². The number of amides is 2. The maximum absolute atomic E-state index is 12.8. The highest BCUT2D eigenvalue weighted by atomic mass is 127. The van der Waals surface area contributed by atoms with Gasteiger partial charge in [-0.15, -0.1) is 0 Å². The fourth-order valence-corrected chi connectivity index (χ4v) is 4.22. The van der Waals surface area contributed by atoms with E-state index >= 15 is 0 Å². The van der Waals surface area contributed by atoms with E-state index in [1.165, 1.54) is 4.90 Å². The van der Waals surface area contributed by atoms with Crippen LogP contribution in [0.4, 0.5) is 4.79 Å². The van der Waals surface area contributed by atoms with Crippen LogP contribution in [0.25, 0.3) is 6.08 Å². The molecule has 6 nitrogen and oxygen atoms in total. The van der Waals surface area contributed by atoms with Gasteiger partial charge in [-0.25, -0.2) is 4.79 Å². The molecule has 30 heavy (non-hydrogen) atoms. The van der Waals surface area contributed by atoms with Gasteiger partial charge in [-0.2, -0.15) is 0 Å². The van der Waals surface area contributed by atoms with Crippen LogP contribution in [0.5, 0.6) is 5.75 Å². The Bertz CT molecular complexity index is 1010. The van der Waals surface area contributed by atoms with Gasteiger partial charge >= 0.3 is 5.97 Å². The number of hydrogen-bond acceptors (Lipinski definition) is 6. The van der Waals surface area contributed by atoms with Crippen molar-refractivity contribution in [1.29, 1.82) is 0 Å². The third kappa shape index (κ3) is 5.86. The van der Waals surface area contributed by atoms with Crippen molar-refractivity contribution in [3.8, 4) is 5.75 Å². The summed E-state index contributed by atoms with van der Waals surface area (Å²) in [7, 11) is 0. The van der Waals surface area contributed by atoms with Gasteiger partial charge in [-0.1, -0.05) is 28.1 Å². The number of benzene rings is 2. The second kappa shape index (κ2) is 10.5. The standard InChI is InChI=1S/C21H17BrINO5S/c1-2-28-19(25)12-29-17-8-5-15(22)9-14(17)10-18-20(26)24(21(27)30-18)11-13-3-6-16(23)7-4-13/h3-10H,2,11-12H2,1H3/b18-10-. The number of carbonyl (C=O) groups excluding carboxylic acids is 3. The molecule has 0 bridgehead atoms. The summed E-state index contributed by atoms with van der Waals surface area (Å²) in [4.78, 5) is 38.4. The summed E-state index contributed by atoms with van der Waals surface area (Å²) >= 11 is 6.47. The van der Waals surface area contributed by atoms with Crippen molar-refractivity contribution >= 4 is 73.5 Å². The van der Waals surface area contributed by atoms with E-state index < -0.39 is 5.97 Å². The van der Waals surface area contributed by atoms with Crippen LogP contribution in [-0.4, -0.2) is 35.2 Å². The number of carbonyl (C=O) groups is 3. The van der Waals surface area contributed by atoms with Crippen LogP contribution in [0.2, 0.25) is 0 Å². The number of imide groups is 1. The van der Waals surface area contributed by atoms with E-state index in [0.717, 1.165) is 25.4 Å². The molecule has 0 spiro atoms. The number of rotatable bonds is 7. The molecule has 3 rings (SSSR count). The molecular formula is C21H17BrINO5S. The molecule has 0 aromatic heterocycles. The van der Waals surface area contributed by atoms with Gasteiger partial charge in [0.15, 0.2) is 6.61 Å². The summed E-state index contributed by atoms with van der Waals surface area (Å²) in [6.07, 6.45) is 1.60. The maximum Gasteiger partial charge on any atom is 0.344 e. The van der Waals surface area contributed by atoms with Crippen molar-refractivity contribution in [3.05, 3.63) is 66.5 Å². The third-order valence-corrected chi connectivity index (χ3v) is 6.16. The SMILES string of the molecule is CCOC(=O)COc1ccc(Br)cc1/C=C1\SC(=O)N(Cc2ccc(I)cc2)C1=O.